The van der Waals surface area contributed by atoms with Crippen LogP contribution >= 0.6 is 7.95 Å². The van der Waals surface area contributed by atoms with E-state index >= 15 is 0 Å². The Morgan fingerprint density at radius 2 is 1.52 bits per heavy atom. The van der Waals surface area contributed by atoms with Gasteiger partial charge in [-0.2, -0.15) is 0 Å². The highest BCUT2D eigenvalue weighted by Crippen LogP contribution is 2.24. The Hall–Kier alpha value is -2.60. The summed E-state index contributed by atoms with van der Waals surface area (Å²) in [6.07, 6.45) is 1.04. The minimum absolute atomic E-state index is 0.0455. The molecular weight excluding hydrogens is 415 g/mol. The number of esters is 2. The summed E-state index contributed by atoms with van der Waals surface area (Å²) in [6, 6.07) is 18.7. The maximum atomic E-state index is 12.6. The first-order valence-corrected chi connectivity index (χ1v) is 11.8. The van der Waals surface area contributed by atoms with Crippen molar-refractivity contribution in [2.75, 3.05) is 19.3 Å². The lowest BCUT2D eigenvalue weighted by Gasteiger charge is -2.12. The normalized spacial score (nSPS) is 12.1. The summed E-state index contributed by atoms with van der Waals surface area (Å²) in [5, 5.41) is 2.88. The van der Waals surface area contributed by atoms with Gasteiger partial charge in [-0.3, -0.25) is 9.59 Å². The molecule has 2 aromatic rings. The van der Waals surface area contributed by atoms with Crippen LogP contribution in [0.15, 0.2) is 60.7 Å². The lowest BCUT2D eigenvalue weighted by molar-refractivity contribution is -0.150. The van der Waals surface area contributed by atoms with E-state index in [0.717, 1.165) is 11.1 Å². The Bertz CT molecular complexity index is 817. The van der Waals surface area contributed by atoms with Gasteiger partial charge in [-0.1, -0.05) is 65.2 Å². The minimum Gasteiger partial charge on any atom is -0.461 e. The molecule has 166 valence electrons. The predicted octanol–water partition coefficient (Wildman–Crippen LogP) is 3.55. The van der Waals surface area contributed by atoms with Crippen LogP contribution in [-0.2, 0) is 36.8 Å². The molecule has 0 heterocycles. The number of benzene rings is 2. The summed E-state index contributed by atoms with van der Waals surface area (Å²) in [6.45, 7) is 1.31. The molecule has 2 rings (SSSR count). The quantitative estimate of drug-likeness (QED) is 0.260. The van der Waals surface area contributed by atoms with E-state index < -0.39 is 25.8 Å². The summed E-state index contributed by atoms with van der Waals surface area (Å²) in [5.74, 6) is -1.54. The van der Waals surface area contributed by atoms with Crippen molar-refractivity contribution in [2.24, 2.45) is 11.7 Å². The first kappa shape index (κ1) is 24.7. The van der Waals surface area contributed by atoms with E-state index in [1.54, 1.807) is 0 Å². The molecule has 3 N–H and O–H groups in total. The third-order valence-corrected chi connectivity index (χ3v) is 5.90. The molecular formula is C23H30N2O5P+. The summed E-state index contributed by atoms with van der Waals surface area (Å²) >= 11 is 0. The Morgan fingerprint density at radius 3 is 2.10 bits per heavy atom. The van der Waals surface area contributed by atoms with Crippen LogP contribution in [0.2, 0.25) is 0 Å². The molecule has 0 aliphatic heterocycles. The van der Waals surface area contributed by atoms with Gasteiger partial charge in [0.05, 0.1) is 0 Å². The van der Waals surface area contributed by atoms with Crippen molar-refractivity contribution in [2.45, 2.75) is 32.5 Å². The number of nitrogens with two attached hydrogens (primary N) is 1. The summed E-state index contributed by atoms with van der Waals surface area (Å²) < 4.78 is 23.0. The zero-order valence-electron chi connectivity index (χ0n) is 17.6. The Kier molecular flexibility index (Phi) is 11.5. The van der Waals surface area contributed by atoms with Crippen molar-refractivity contribution in [3.8, 4) is 0 Å². The lowest BCUT2D eigenvalue weighted by Crippen LogP contribution is -2.23. The number of ether oxygens (including phenoxy) is 2. The molecule has 2 aromatic carbocycles. The Labute approximate surface area is 184 Å². The average Bonchev–Trinajstić information content (AvgIpc) is 2.80. The highest BCUT2D eigenvalue weighted by atomic mass is 31.1. The smallest absolute Gasteiger partial charge is 0.432 e. The lowest BCUT2D eigenvalue weighted by atomic mass is 10.1. The van der Waals surface area contributed by atoms with Crippen molar-refractivity contribution in [1.82, 2.24) is 5.09 Å². The van der Waals surface area contributed by atoms with E-state index in [1.807, 2.05) is 60.7 Å². The van der Waals surface area contributed by atoms with E-state index in [1.165, 1.54) is 0 Å². The fourth-order valence-corrected chi connectivity index (χ4v) is 4.07. The molecule has 0 radical (unpaired) electrons. The van der Waals surface area contributed by atoms with Crippen molar-refractivity contribution in [3.05, 3.63) is 71.8 Å². The van der Waals surface area contributed by atoms with Gasteiger partial charge in [0, 0.05) is 13.0 Å². The molecule has 8 heteroatoms. The first-order valence-electron chi connectivity index (χ1n) is 10.4. The van der Waals surface area contributed by atoms with Crippen molar-refractivity contribution in [1.29, 1.82) is 0 Å². The SMILES string of the molecule is NCCCN[P+](=O)CC(CCC(=O)OCc1ccccc1)C(=O)OCc1ccccc1. The van der Waals surface area contributed by atoms with Crippen LogP contribution in [-0.4, -0.2) is 31.2 Å². The van der Waals surface area contributed by atoms with Crippen LogP contribution in [0.1, 0.15) is 30.4 Å². The molecule has 31 heavy (non-hydrogen) atoms. The largest absolute Gasteiger partial charge is 0.461 e. The maximum absolute atomic E-state index is 12.6. The number of carbonyl (C=O) groups is 2. The second kappa shape index (κ2) is 14.4. The van der Waals surface area contributed by atoms with Gasteiger partial charge < -0.3 is 15.2 Å². The Morgan fingerprint density at radius 1 is 0.935 bits per heavy atom. The van der Waals surface area contributed by atoms with Gasteiger partial charge in [0.1, 0.15) is 19.1 Å². The van der Waals surface area contributed by atoms with E-state index in [9.17, 15) is 14.2 Å². The topological polar surface area (TPSA) is 108 Å². The number of nitrogens with one attached hydrogen (secondary N) is 1. The van der Waals surface area contributed by atoms with Crippen molar-refractivity contribution < 1.29 is 23.6 Å². The monoisotopic (exact) mass is 445 g/mol. The van der Waals surface area contributed by atoms with Crippen LogP contribution in [0.5, 0.6) is 0 Å². The molecule has 0 fully saturated rings. The number of carbonyl (C=O) groups excluding carboxylic acids is 2. The zero-order valence-corrected chi connectivity index (χ0v) is 18.5. The van der Waals surface area contributed by atoms with Gasteiger partial charge in [-0.15, -0.1) is 5.09 Å². The number of hydrogen-bond acceptors (Lipinski definition) is 6. The molecule has 0 amide bonds. The molecule has 0 spiro atoms. The minimum atomic E-state index is -1.81. The number of rotatable bonds is 14. The van der Waals surface area contributed by atoms with Crippen molar-refractivity contribution >= 4 is 19.9 Å². The van der Waals surface area contributed by atoms with E-state index in [0.29, 0.717) is 19.5 Å². The second-order valence-corrected chi connectivity index (χ2v) is 8.52. The highest BCUT2D eigenvalue weighted by Gasteiger charge is 2.31. The molecule has 2 atom stereocenters. The molecule has 0 bridgehead atoms. The van der Waals surface area contributed by atoms with Gasteiger partial charge in [0.25, 0.3) is 0 Å². The van der Waals surface area contributed by atoms with Crippen LogP contribution in [0, 0.1) is 5.92 Å². The number of hydrogen-bond donors (Lipinski definition) is 2. The summed E-state index contributed by atoms with van der Waals surface area (Å²) in [4.78, 5) is 24.8. The van der Waals surface area contributed by atoms with Gasteiger partial charge in [-0.05, 0) is 30.5 Å². The zero-order chi connectivity index (χ0) is 22.3. The van der Waals surface area contributed by atoms with Crippen LogP contribution < -0.4 is 10.8 Å². The second-order valence-electron chi connectivity index (χ2n) is 7.09. The van der Waals surface area contributed by atoms with Gasteiger partial charge in [0.15, 0.2) is 6.16 Å². The molecule has 0 saturated carbocycles. The third-order valence-electron chi connectivity index (χ3n) is 4.55. The standard InChI is InChI=1S/C23H30N2O5P/c24-14-7-15-25-31(28)18-21(23(27)30-17-20-10-5-2-6-11-20)12-13-22(26)29-16-19-8-3-1-4-9-19/h1-6,8-11,21H,7,12-18,24H2,(H,25,28)/q+1. The van der Waals surface area contributed by atoms with Crippen LogP contribution in [0.3, 0.4) is 0 Å². The molecule has 7 nitrogen and oxygen atoms in total. The van der Waals surface area contributed by atoms with E-state index in [2.05, 4.69) is 5.09 Å². The molecule has 0 aromatic heterocycles. The van der Waals surface area contributed by atoms with E-state index in [-0.39, 0.29) is 32.2 Å². The summed E-state index contributed by atoms with van der Waals surface area (Å²) in [7, 11) is -1.81. The van der Waals surface area contributed by atoms with E-state index in [4.69, 9.17) is 15.2 Å². The fourth-order valence-electron chi connectivity index (χ4n) is 2.80. The third kappa shape index (κ3) is 10.3. The molecule has 0 aliphatic rings. The maximum Gasteiger partial charge on any atom is 0.432 e. The highest BCUT2D eigenvalue weighted by molar-refractivity contribution is 7.42. The van der Waals surface area contributed by atoms with Crippen molar-refractivity contribution in [3.63, 3.8) is 0 Å². The average molecular weight is 445 g/mol. The molecule has 0 saturated heterocycles. The summed E-state index contributed by atoms with van der Waals surface area (Å²) in [5.41, 5.74) is 7.20. The molecule has 0 aliphatic carbocycles. The molecule has 2 unspecified atom stereocenters. The van der Waals surface area contributed by atoms with Gasteiger partial charge >= 0.3 is 19.9 Å². The van der Waals surface area contributed by atoms with Gasteiger partial charge in [0.2, 0.25) is 0 Å². The van der Waals surface area contributed by atoms with Crippen LogP contribution in [0.4, 0.5) is 0 Å². The van der Waals surface area contributed by atoms with Gasteiger partial charge in [-0.25, -0.2) is 0 Å². The fraction of sp³-hybridized carbons (Fsp3) is 0.391. The van der Waals surface area contributed by atoms with Crippen LogP contribution in [0.25, 0.3) is 0 Å². The first-order chi connectivity index (χ1) is 15.1. The predicted molar refractivity (Wildman–Crippen MR) is 119 cm³/mol. The Balaban J connectivity index is 1.86.